The first-order chi connectivity index (χ1) is 10.7. The number of ether oxygens (including phenoxy) is 1. The normalized spacial score (nSPS) is 16.4. The number of nitrogens with zero attached hydrogens (tertiary/aromatic N) is 2. The predicted octanol–water partition coefficient (Wildman–Crippen LogP) is 1.47. The summed E-state index contributed by atoms with van der Waals surface area (Å²) in [6.07, 6.45) is 4.30. The standard InChI is InChI=1S/C16H20N2O4/c19-16(20)6-5-14-1-3-15(4-2-14)13-17-22-12-9-18-7-10-21-11-8-18/h1-6,13H,7-12H2,(H,19,20)/b6-5+,17-13+. The van der Waals surface area contributed by atoms with Gasteiger partial charge in [0.05, 0.1) is 19.4 Å². The third-order valence-electron chi connectivity index (χ3n) is 3.23. The van der Waals surface area contributed by atoms with Crippen molar-refractivity contribution in [1.82, 2.24) is 4.90 Å². The van der Waals surface area contributed by atoms with Gasteiger partial charge < -0.3 is 14.7 Å². The fourth-order valence-electron chi connectivity index (χ4n) is 2.01. The lowest BCUT2D eigenvalue weighted by Gasteiger charge is -2.25. The summed E-state index contributed by atoms with van der Waals surface area (Å²) in [5.74, 6) is -0.959. The van der Waals surface area contributed by atoms with Crippen molar-refractivity contribution in [2.24, 2.45) is 5.16 Å². The third kappa shape index (κ3) is 6.07. The number of aliphatic carboxylic acids is 1. The first-order valence-corrected chi connectivity index (χ1v) is 7.20. The molecule has 0 radical (unpaired) electrons. The van der Waals surface area contributed by atoms with Crippen LogP contribution in [0.1, 0.15) is 11.1 Å². The zero-order valence-corrected chi connectivity index (χ0v) is 12.4. The van der Waals surface area contributed by atoms with E-state index in [1.54, 1.807) is 12.3 Å². The van der Waals surface area contributed by atoms with Crippen LogP contribution in [0.5, 0.6) is 0 Å². The van der Waals surface area contributed by atoms with Gasteiger partial charge in [0.15, 0.2) is 0 Å². The molecular weight excluding hydrogens is 284 g/mol. The van der Waals surface area contributed by atoms with Gasteiger partial charge in [-0.1, -0.05) is 29.4 Å². The number of morpholine rings is 1. The second kappa shape index (κ2) is 8.96. The SMILES string of the molecule is O=C(O)/C=C/c1ccc(/C=N/OCCN2CCOCC2)cc1. The summed E-state index contributed by atoms with van der Waals surface area (Å²) in [6, 6.07) is 7.37. The molecule has 1 N–H and O–H groups in total. The molecule has 1 heterocycles. The molecule has 1 saturated heterocycles. The lowest BCUT2D eigenvalue weighted by Crippen LogP contribution is -2.38. The van der Waals surface area contributed by atoms with Gasteiger partial charge in [0.25, 0.3) is 0 Å². The van der Waals surface area contributed by atoms with Crippen molar-refractivity contribution in [3.05, 3.63) is 41.5 Å². The molecule has 0 amide bonds. The lowest BCUT2D eigenvalue weighted by molar-refractivity contribution is -0.131. The monoisotopic (exact) mass is 304 g/mol. The van der Waals surface area contributed by atoms with E-state index in [2.05, 4.69) is 10.1 Å². The van der Waals surface area contributed by atoms with Crippen molar-refractivity contribution in [1.29, 1.82) is 0 Å². The Kier molecular flexibility index (Phi) is 6.60. The number of benzene rings is 1. The Bertz CT molecular complexity index is 519. The second-order valence-corrected chi connectivity index (χ2v) is 4.86. The number of carbonyl (C=O) groups is 1. The number of carboxylic acid groups (broad SMARTS) is 1. The molecule has 0 aromatic heterocycles. The van der Waals surface area contributed by atoms with Crippen LogP contribution in [0.3, 0.4) is 0 Å². The zero-order valence-electron chi connectivity index (χ0n) is 12.4. The molecule has 0 atom stereocenters. The Hall–Kier alpha value is -2.18. The molecule has 1 aliphatic rings. The summed E-state index contributed by atoms with van der Waals surface area (Å²) in [5.41, 5.74) is 1.73. The summed E-state index contributed by atoms with van der Waals surface area (Å²) in [7, 11) is 0. The molecule has 1 aromatic carbocycles. The molecule has 2 rings (SSSR count). The predicted molar refractivity (Wildman–Crippen MR) is 83.9 cm³/mol. The van der Waals surface area contributed by atoms with Gasteiger partial charge in [0.2, 0.25) is 0 Å². The first kappa shape index (κ1) is 16.2. The van der Waals surface area contributed by atoms with Gasteiger partial charge in [0.1, 0.15) is 6.61 Å². The van der Waals surface area contributed by atoms with Crippen LogP contribution in [0.15, 0.2) is 35.5 Å². The van der Waals surface area contributed by atoms with Crippen molar-refractivity contribution in [2.45, 2.75) is 0 Å². The van der Waals surface area contributed by atoms with Crippen molar-refractivity contribution in [3.63, 3.8) is 0 Å². The van der Waals surface area contributed by atoms with Crippen LogP contribution in [0.25, 0.3) is 6.08 Å². The third-order valence-corrected chi connectivity index (χ3v) is 3.23. The molecule has 22 heavy (non-hydrogen) atoms. The number of hydrogen-bond donors (Lipinski definition) is 1. The van der Waals surface area contributed by atoms with E-state index < -0.39 is 5.97 Å². The molecule has 118 valence electrons. The highest BCUT2D eigenvalue weighted by atomic mass is 16.6. The number of carboxylic acids is 1. The number of hydrogen-bond acceptors (Lipinski definition) is 5. The molecular formula is C16H20N2O4. The van der Waals surface area contributed by atoms with Crippen LogP contribution in [0.2, 0.25) is 0 Å². The van der Waals surface area contributed by atoms with Crippen LogP contribution >= 0.6 is 0 Å². The highest BCUT2D eigenvalue weighted by Gasteiger charge is 2.09. The minimum absolute atomic E-state index is 0.552. The van der Waals surface area contributed by atoms with E-state index in [0.717, 1.165) is 50.1 Å². The maximum absolute atomic E-state index is 10.4. The van der Waals surface area contributed by atoms with Gasteiger partial charge in [-0.15, -0.1) is 0 Å². The summed E-state index contributed by atoms with van der Waals surface area (Å²) in [4.78, 5) is 17.9. The van der Waals surface area contributed by atoms with Crippen molar-refractivity contribution >= 4 is 18.3 Å². The first-order valence-electron chi connectivity index (χ1n) is 7.20. The van der Waals surface area contributed by atoms with Crippen LogP contribution in [-0.4, -0.2) is 61.6 Å². The van der Waals surface area contributed by atoms with E-state index in [-0.39, 0.29) is 0 Å². The average Bonchev–Trinajstić information content (AvgIpc) is 2.54. The summed E-state index contributed by atoms with van der Waals surface area (Å²) >= 11 is 0. The molecule has 0 aliphatic carbocycles. The Morgan fingerprint density at radius 1 is 1.27 bits per heavy atom. The zero-order chi connectivity index (χ0) is 15.6. The molecule has 1 fully saturated rings. The van der Waals surface area contributed by atoms with E-state index in [1.165, 1.54) is 0 Å². The molecule has 6 heteroatoms. The maximum Gasteiger partial charge on any atom is 0.328 e. The van der Waals surface area contributed by atoms with Gasteiger partial charge >= 0.3 is 5.97 Å². The van der Waals surface area contributed by atoms with Crippen LogP contribution in [0, 0.1) is 0 Å². The van der Waals surface area contributed by atoms with E-state index in [9.17, 15) is 4.79 Å². The topological polar surface area (TPSA) is 71.4 Å². The number of rotatable bonds is 7. The van der Waals surface area contributed by atoms with E-state index in [4.69, 9.17) is 14.7 Å². The van der Waals surface area contributed by atoms with Crippen molar-refractivity contribution in [3.8, 4) is 0 Å². The minimum Gasteiger partial charge on any atom is -0.478 e. The lowest BCUT2D eigenvalue weighted by atomic mass is 10.1. The minimum atomic E-state index is -0.959. The molecule has 0 unspecified atom stereocenters. The molecule has 6 nitrogen and oxygen atoms in total. The Morgan fingerprint density at radius 2 is 1.95 bits per heavy atom. The molecule has 0 bridgehead atoms. The van der Waals surface area contributed by atoms with E-state index in [1.807, 2.05) is 24.3 Å². The summed E-state index contributed by atoms with van der Waals surface area (Å²) in [5, 5.41) is 12.5. The highest BCUT2D eigenvalue weighted by Crippen LogP contribution is 2.05. The molecule has 0 spiro atoms. The van der Waals surface area contributed by atoms with Crippen molar-refractivity contribution in [2.75, 3.05) is 39.5 Å². The summed E-state index contributed by atoms with van der Waals surface area (Å²) < 4.78 is 5.28. The Morgan fingerprint density at radius 3 is 2.64 bits per heavy atom. The van der Waals surface area contributed by atoms with Crippen molar-refractivity contribution < 1.29 is 19.5 Å². The van der Waals surface area contributed by atoms with Gasteiger partial charge in [-0.25, -0.2) is 4.79 Å². The van der Waals surface area contributed by atoms with Gasteiger partial charge in [-0.05, 0) is 17.2 Å². The fourth-order valence-corrected chi connectivity index (χ4v) is 2.01. The van der Waals surface area contributed by atoms with Gasteiger partial charge in [-0.2, -0.15) is 0 Å². The number of oxime groups is 1. The Labute approximate surface area is 129 Å². The van der Waals surface area contributed by atoms with E-state index >= 15 is 0 Å². The largest absolute Gasteiger partial charge is 0.478 e. The van der Waals surface area contributed by atoms with Crippen LogP contribution in [0.4, 0.5) is 0 Å². The van der Waals surface area contributed by atoms with E-state index in [0.29, 0.717) is 6.61 Å². The highest BCUT2D eigenvalue weighted by molar-refractivity contribution is 5.85. The summed E-state index contributed by atoms with van der Waals surface area (Å²) in [6.45, 7) is 4.85. The van der Waals surface area contributed by atoms with Gasteiger partial charge in [0, 0.05) is 25.7 Å². The quantitative estimate of drug-likeness (QED) is 0.357. The Balaban J connectivity index is 1.70. The molecule has 0 saturated carbocycles. The van der Waals surface area contributed by atoms with Gasteiger partial charge in [-0.3, -0.25) is 4.90 Å². The maximum atomic E-state index is 10.4. The molecule has 1 aromatic rings. The van der Waals surface area contributed by atoms with Crippen LogP contribution in [-0.2, 0) is 14.4 Å². The average molecular weight is 304 g/mol. The van der Waals surface area contributed by atoms with Crippen LogP contribution < -0.4 is 0 Å². The smallest absolute Gasteiger partial charge is 0.328 e. The fraction of sp³-hybridized carbons (Fsp3) is 0.375. The second-order valence-electron chi connectivity index (χ2n) is 4.86. The molecule has 1 aliphatic heterocycles.